The zero-order valence-electron chi connectivity index (χ0n) is 28.2. The Morgan fingerprint density at radius 2 is 1.18 bits per heavy atom. The first kappa shape index (κ1) is 38.1. The molecule has 1 aromatic carbocycles. The van der Waals surface area contributed by atoms with Crippen LogP contribution in [0.5, 0.6) is 5.75 Å². The first-order valence-corrected chi connectivity index (χ1v) is 15.9. The van der Waals surface area contributed by atoms with E-state index in [2.05, 4.69) is 51.5 Å². The zero-order chi connectivity index (χ0) is 36.1. The number of ether oxygens (including phenoxy) is 3. The summed E-state index contributed by atoms with van der Waals surface area (Å²) in [6.45, 7) is 9.12. The fourth-order valence-electron chi connectivity index (χ4n) is 3.77. The summed E-state index contributed by atoms with van der Waals surface area (Å²) in [6, 6.07) is 11.4. The zero-order valence-corrected chi connectivity index (χ0v) is 28.2. The van der Waals surface area contributed by atoms with E-state index >= 15 is 0 Å². The van der Waals surface area contributed by atoms with E-state index < -0.39 is 24.1 Å². The molecule has 3 aromatic heterocycles. The molecule has 17 nitrogen and oxygen atoms in total. The summed E-state index contributed by atoms with van der Waals surface area (Å²) >= 11 is 0. The van der Waals surface area contributed by atoms with E-state index in [1.54, 1.807) is 62.6 Å². The molecule has 5 N–H and O–H groups in total. The van der Waals surface area contributed by atoms with Crippen LogP contribution in [0.25, 0.3) is 0 Å². The summed E-state index contributed by atoms with van der Waals surface area (Å²) in [5, 5.41) is 13.6. The Kier molecular flexibility index (Phi) is 15.8. The van der Waals surface area contributed by atoms with Crippen molar-refractivity contribution < 1.29 is 33.4 Å². The fraction of sp³-hybridized carbons (Fsp3) is 0.303. The molecule has 0 radical (unpaired) electrons. The number of amides is 3. The Labute approximate surface area is 289 Å². The lowest BCUT2D eigenvalue weighted by atomic mass is 10.3. The average Bonchev–Trinajstić information content (AvgIpc) is 3.11. The summed E-state index contributed by atoms with van der Waals surface area (Å²) in [5.74, 6) is 0.0477. The number of nitrogens with one attached hydrogen (secondary N) is 5. The van der Waals surface area contributed by atoms with Crippen LogP contribution < -0.4 is 31.3 Å². The van der Waals surface area contributed by atoms with Crippen molar-refractivity contribution in [2.24, 2.45) is 0 Å². The number of esters is 2. The molecule has 50 heavy (non-hydrogen) atoms. The van der Waals surface area contributed by atoms with Crippen LogP contribution in [0.4, 0.5) is 38.8 Å². The van der Waals surface area contributed by atoms with Gasteiger partial charge in [0.15, 0.2) is 0 Å². The molecule has 0 unspecified atom stereocenters. The van der Waals surface area contributed by atoms with Gasteiger partial charge in [0, 0.05) is 43.6 Å². The van der Waals surface area contributed by atoms with Crippen molar-refractivity contribution >= 4 is 53.3 Å². The number of hydrogen-bond acceptors (Lipinski definition) is 14. The molecule has 17 heteroatoms. The number of pyridine rings is 1. The van der Waals surface area contributed by atoms with Crippen LogP contribution in [0.2, 0.25) is 0 Å². The normalized spacial score (nSPS) is 10.0. The van der Waals surface area contributed by atoms with Crippen molar-refractivity contribution in [1.29, 1.82) is 0 Å². The second kappa shape index (κ2) is 20.8. The second-order valence-corrected chi connectivity index (χ2v) is 9.85. The maximum Gasteiger partial charge on any atom is 0.419 e. The van der Waals surface area contributed by atoms with E-state index in [0.717, 1.165) is 12.8 Å². The number of anilines is 5. The largest absolute Gasteiger partial charge is 0.462 e. The first-order valence-electron chi connectivity index (χ1n) is 15.9. The van der Waals surface area contributed by atoms with Crippen LogP contribution in [0, 0.1) is 0 Å². The second-order valence-electron chi connectivity index (χ2n) is 9.85. The van der Waals surface area contributed by atoms with Crippen LogP contribution in [0.15, 0.2) is 67.3 Å². The van der Waals surface area contributed by atoms with Gasteiger partial charge in [-0.3, -0.25) is 15.6 Å². The molecule has 4 aromatic rings. The van der Waals surface area contributed by atoms with Crippen molar-refractivity contribution in [3.8, 4) is 5.75 Å². The van der Waals surface area contributed by atoms with Gasteiger partial charge in [-0.15, -0.1) is 0 Å². The number of para-hydroxylation sites is 1. The van der Waals surface area contributed by atoms with Gasteiger partial charge in [0.25, 0.3) is 0 Å². The molecular formula is C33H40N10O7. The number of urea groups is 1. The monoisotopic (exact) mass is 688 g/mol. The van der Waals surface area contributed by atoms with Crippen LogP contribution >= 0.6 is 0 Å². The van der Waals surface area contributed by atoms with Crippen molar-refractivity contribution in [2.75, 3.05) is 52.9 Å². The highest BCUT2D eigenvalue weighted by molar-refractivity contribution is 5.99. The topological polar surface area (TPSA) is 221 Å². The Morgan fingerprint density at radius 1 is 0.660 bits per heavy atom. The van der Waals surface area contributed by atoms with Gasteiger partial charge in [0.1, 0.15) is 28.5 Å². The standard InChI is InChI=1S/C17H20N4O4.C16H20N6O3/c1-3-10-18-14-13(15(22)24-4-2)11-19-16(20-14)21-17(23)25-12-8-6-5-7-9-12;1-3-7-18-13-12(14(23)25-4-2)10-19-15(21-13)22-16(24)20-11-5-8-17-9-6-11/h5-9,11H,3-4,10H2,1-2H3,(H2,18,19,20,21,23);5-6,8-10H,3-4,7H2,1-2H3,(H3,17,18,19,20,21,22,24). The average molecular weight is 689 g/mol. The van der Waals surface area contributed by atoms with Crippen molar-refractivity contribution in [3.63, 3.8) is 0 Å². The summed E-state index contributed by atoms with van der Waals surface area (Å²) < 4.78 is 15.1. The van der Waals surface area contributed by atoms with E-state index in [0.29, 0.717) is 36.2 Å². The fourth-order valence-corrected chi connectivity index (χ4v) is 3.77. The maximum atomic E-state index is 12.0. The van der Waals surface area contributed by atoms with Gasteiger partial charge in [0.2, 0.25) is 11.9 Å². The Balaban J connectivity index is 0.000000270. The molecule has 0 bridgehead atoms. The molecule has 264 valence electrons. The van der Waals surface area contributed by atoms with Gasteiger partial charge < -0.3 is 30.2 Å². The predicted molar refractivity (Wildman–Crippen MR) is 187 cm³/mol. The Morgan fingerprint density at radius 3 is 1.68 bits per heavy atom. The Bertz CT molecular complexity index is 1570. The van der Waals surface area contributed by atoms with Gasteiger partial charge in [0.05, 0.1) is 13.2 Å². The summed E-state index contributed by atoms with van der Waals surface area (Å²) in [7, 11) is 0. The molecule has 0 aliphatic rings. The number of nitrogens with zero attached hydrogens (tertiary/aromatic N) is 5. The first-order chi connectivity index (χ1) is 24.3. The molecule has 0 fully saturated rings. The minimum absolute atomic E-state index is 0.0209. The van der Waals surface area contributed by atoms with Crippen LogP contribution in [-0.2, 0) is 9.47 Å². The number of carbonyl (C=O) groups is 4. The third-order valence-electron chi connectivity index (χ3n) is 5.98. The van der Waals surface area contributed by atoms with E-state index in [-0.39, 0.29) is 36.2 Å². The number of hydrogen-bond donors (Lipinski definition) is 5. The van der Waals surface area contributed by atoms with Crippen LogP contribution in [0.3, 0.4) is 0 Å². The van der Waals surface area contributed by atoms with E-state index in [1.807, 2.05) is 19.9 Å². The van der Waals surface area contributed by atoms with Gasteiger partial charge >= 0.3 is 24.1 Å². The van der Waals surface area contributed by atoms with Gasteiger partial charge in [-0.2, -0.15) is 9.97 Å². The number of benzene rings is 1. The van der Waals surface area contributed by atoms with Crippen molar-refractivity contribution in [2.45, 2.75) is 40.5 Å². The predicted octanol–water partition coefficient (Wildman–Crippen LogP) is 5.60. The van der Waals surface area contributed by atoms with E-state index in [1.165, 1.54) is 12.4 Å². The minimum Gasteiger partial charge on any atom is -0.462 e. The highest BCUT2D eigenvalue weighted by atomic mass is 16.6. The van der Waals surface area contributed by atoms with Gasteiger partial charge in [-0.25, -0.2) is 29.1 Å². The SMILES string of the molecule is CCCNc1nc(NC(=O)Nc2ccncc2)ncc1C(=O)OCC.CCCNc1nc(NC(=O)Oc2ccccc2)ncc1C(=O)OCC. The molecule has 0 aliphatic carbocycles. The Hall–Kier alpha value is -6.39. The third kappa shape index (κ3) is 12.7. The number of aromatic nitrogens is 5. The quantitative estimate of drug-likeness (QED) is 0.102. The molecule has 0 atom stereocenters. The highest BCUT2D eigenvalue weighted by Crippen LogP contribution is 2.18. The van der Waals surface area contributed by atoms with Crippen LogP contribution in [0.1, 0.15) is 61.3 Å². The van der Waals surface area contributed by atoms with Gasteiger partial charge in [-0.1, -0.05) is 32.0 Å². The molecule has 4 rings (SSSR count). The highest BCUT2D eigenvalue weighted by Gasteiger charge is 2.18. The molecular weight excluding hydrogens is 648 g/mol. The van der Waals surface area contributed by atoms with Crippen LogP contribution in [-0.4, -0.2) is 75.3 Å². The summed E-state index contributed by atoms with van der Waals surface area (Å²) in [4.78, 5) is 68.0. The molecule has 3 heterocycles. The smallest absolute Gasteiger partial charge is 0.419 e. The van der Waals surface area contributed by atoms with E-state index in [9.17, 15) is 19.2 Å². The molecule has 0 saturated carbocycles. The van der Waals surface area contributed by atoms with Crippen molar-refractivity contribution in [1.82, 2.24) is 24.9 Å². The lowest BCUT2D eigenvalue weighted by Gasteiger charge is -2.11. The van der Waals surface area contributed by atoms with Crippen molar-refractivity contribution in [3.05, 3.63) is 78.4 Å². The molecule has 0 spiro atoms. The third-order valence-corrected chi connectivity index (χ3v) is 5.98. The molecule has 0 saturated heterocycles. The number of rotatable bonds is 14. The van der Waals surface area contributed by atoms with Gasteiger partial charge in [-0.05, 0) is 51.0 Å². The lowest BCUT2D eigenvalue weighted by molar-refractivity contribution is 0.0517. The molecule has 3 amide bonds. The maximum absolute atomic E-state index is 12.0. The summed E-state index contributed by atoms with van der Waals surface area (Å²) in [6.07, 6.45) is 6.71. The van der Waals surface area contributed by atoms with E-state index in [4.69, 9.17) is 14.2 Å². The minimum atomic E-state index is -0.725. The number of carbonyl (C=O) groups excluding carboxylic acids is 4. The lowest BCUT2D eigenvalue weighted by Crippen LogP contribution is -2.22. The molecule has 0 aliphatic heterocycles. The summed E-state index contributed by atoms with van der Waals surface area (Å²) in [5.41, 5.74) is 1.01.